The van der Waals surface area contributed by atoms with Crippen LogP contribution in [0.15, 0.2) is 47.3 Å². The standard InChI is InChI=1S/C22H23N3O3/c1-14-4-2-3-5-16-13-17(7-9-18(14)16)25-21(23-24-22(25)28)19-8-6-15(10-11-26)12-20(19)27/h3,5-9,12-14,26-27H,2,4,10-11H2,1H3,(H,24,28). The predicted octanol–water partition coefficient (Wildman–Crippen LogP) is 3.38. The van der Waals surface area contributed by atoms with Crippen molar-refractivity contribution < 1.29 is 10.2 Å². The lowest BCUT2D eigenvalue weighted by Gasteiger charge is -2.14. The molecule has 0 spiro atoms. The monoisotopic (exact) mass is 377 g/mol. The van der Waals surface area contributed by atoms with Crippen molar-refractivity contribution in [2.45, 2.75) is 32.1 Å². The second-order valence-corrected chi connectivity index (χ2v) is 7.21. The lowest BCUT2D eigenvalue weighted by Crippen LogP contribution is -2.16. The Morgan fingerprint density at radius 1 is 1.25 bits per heavy atom. The molecule has 4 rings (SSSR count). The average Bonchev–Trinajstić information content (AvgIpc) is 2.96. The van der Waals surface area contributed by atoms with E-state index >= 15 is 0 Å². The van der Waals surface area contributed by atoms with E-state index < -0.39 is 0 Å². The molecule has 1 aliphatic rings. The van der Waals surface area contributed by atoms with E-state index in [1.165, 1.54) is 10.1 Å². The number of aliphatic hydroxyl groups excluding tert-OH is 1. The third-order valence-electron chi connectivity index (χ3n) is 5.30. The summed E-state index contributed by atoms with van der Waals surface area (Å²) in [6.45, 7) is 2.22. The van der Waals surface area contributed by atoms with Gasteiger partial charge in [0.1, 0.15) is 5.75 Å². The van der Waals surface area contributed by atoms with E-state index in [9.17, 15) is 9.90 Å². The van der Waals surface area contributed by atoms with Crippen LogP contribution in [0, 0.1) is 0 Å². The Hall–Kier alpha value is -3.12. The normalized spacial score (nSPS) is 16.0. The van der Waals surface area contributed by atoms with Gasteiger partial charge >= 0.3 is 5.69 Å². The lowest BCUT2D eigenvalue weighted by atomic mass is 9.94. The number of aromatic amines is 1. The maximum atomic E-state index is 12.5. The molecule has 6 heteroatoms. The third kappa shape index (κ3) is 3.27. The summed E-state index contributed by atoms with van der Waals surface area (Å²) in [6, 6.07) is 11.1. The number of aromatic nitrogens is 3. The molecule has 1 aliphatic carbocycles. The number of phenols is 1. The van der Waals surface area contributed by atoms with Gasteiger partial charge in [-0.05, 0) is 66.1 Å². The summed E-state index contributed by atoms with van der Waals surface area (Å²) in [7, 11) is 0. The van der Waals surface area contributed by atoms with Crippen LogP contribution in [0.5, 0.6) is 5.75 Å². The topological polar surface area (TPSA) is 91.1 Å². The summed E-state index contributed by atoms with van der Waals surface area (Å²) in [6.07, 6.45) is 6.87. The number of fused-ring (bicyclic) bond motifs is 1. The van der Waals surface area contributed by atoms with Crippen molar-refractivity contribution in [1.82, 2.24) is 14.8 Å². The molecule has 2 aromatic carbocycles. The fourth-order valence-corrected chi connectivity index (χ4v) is 3.77. The number of phenolic OH excluding ortho intramolecular Hbond substituents is 1. The number of hydrogen-bond donors (Lipinski definition) is 3. The van der Waals surface area contributed by atoms with Gasteiger partial charge in [-0.25, -0.2) is 14.5 Å². The van der Waals surface area contributed by atoms with E-state index in [0.717, 1.165) is 24.0 Å². The van der Waals surface area contributed by atoms with Gasteiger partial charge in [0.05, 0.1) is 11.3 Å². The van der Waals surface area contributed by atoms with Gasteiger partial charge in [-0.2, -0.15) is 5.10 Å². The van der Waals surface area contributed by atoms with E-state index in [1.807, 2.05) is 18.2 Å². The first kappa shape index (κ1) is 18.3. The predicted molar refractivity (Wildman–Crippen MR) is 109 cm³/mol. The molecule has 0 fully saturated rings. The minimum atomic E-state index is -0.362. The van der Waals surface area contributed by atoms with Crippen LogP contribution in [0.4, 0.5) is 0 Å². The second-order valence-electron chi connectivity index (χ2n) is 7.21. The maximum absolute atomic E-state index is 12.5. The van der Waals surface area contributed by atoms with Crippen LogP contribution >= 0.6 is 0 Å². The van der Waals surface area contributed by atoms with Crippen molar-refractivity contribution in [3.63, 3.8) is 0 Å². The summed E-state index contributed by atoms with van der Waals surface area (Å²) in [5.74, 6) is 0.834. The van der Waals surface area contributed by atoms with Gasteiger partial charge in [-0.1, -0.05) is 31.2 Å². The Bertz CT molecular complexity index is 1090. The van der Waals surface area contributed by atoms with Crippen molar-refractivity contribution in [2.75, 3.05) is 6.61 Å². The van der Waals surface area contributed by atoms with Crippen molar-refractivity contribution >= 4 is 6.08 Å². The summed E-state index contributed by atoms with van der Waals surface area (Å²) in [5.41, 5.74) is 3.98. The number of allylic oxidation sites excluding steroid dienone is 1. The fourth-order valence-electron chi connectivity index (χ4n) is 3.77. The molecular formula is C22H23N3O3. The zero-order valence-electron chi connectivity index (χ0n) is 15.7. The maximum Gasteiger partial charge on any atom is 0.348 e. The average molecular weight is 377 g/mol. The van der Waals surface area contributed by atoms with Crippen LogP contribution in [-0.4, -0.2) is 31.6 Å². The van der Waals surface area contributed by atoms with Crippen LogP contribution in [0.2, 0.25) is 0 Å². The Balaban J connectivity index is 1.82. The van der Waals surface area contributed by atoms with Crippen LogP contribution in [0.25, 0.3) is 23.2 Å². The van der Waals surface area contributed by atoms with E-state index in [-0.39, 0.29) is 18.0 Å². The number of rotatable bonds is 4. The van der Waals surface area contributed by atoms with E-state index in [4.69, 9.17) is 5.11 Å². The third-order valence-corrected chi connectivity index (χ3v) is 5.30. The summed E-state index contributed by atoms with van der Waals surface area (Å²) in [5, 5.41) is 26.2. The van der Waals surface area contributed by atoms with Crippen LogP contribution in [0.3, 0.4) is 0 Å². The van der Waals surface area contributed by atoms with Crippen molar-refractivity contribution in [2.24, 2.45) is 0 Å². The highest BCUT2D eigenvalue weighted by molar-refractivity contribution is 5.67. The molecule has 3 aromatic rings. The van der Waals surface area contributed by atoms with E-state index in [0.29, 0.717) is 29.4 Å². The zero-order chi connectivity index (χ0) is 19.7. The summed E-state index contributed by atoms with van der Waals surface area (Å²) >= 11 is 0. The van der Waals surface area contributed by atoms with Gasteiger partial charge in [0.15, 0.2) is 5.82 Å². The molecule has 1 unspecified atom stereocenters. The van der Waals surface area contributed by atoms with Gasteiger partial charge in [-0.3, -0.25) is 0 Å². The number of nitrogens with zero attached hydrogens (tertiary/aromatic N) is 2. The molecule has 28 heavy (non-hydrogen) atoms. The molecule has 1 atom stereocenters. The molecule has 0 amide bonds. The van der Waals surface area contributed by atoms with E-state index in [1.54, 1.807) is 12.1 Å². The Labute approximate surface area is 162 Å². The molecule has 1 heterocycles. The zero-order valence-corrected chi connectivity index (χ0v) is 15.7. The van der Waals surface area contributed by atoms with Gasteiger partial charge in [0.2, 0.25) is 0 Å². The number of aliphatic hydroxyl groups is 1. The number of benzene rings is 2. The number of aromatic hydroxyl groups is 1. The van der Waals surface area contributed by atoms with Crippen molar-refractivity contribution in [1.29, 1.82) is 0 Å². The highest BCUT2D eigenvalue weighted by atomic mass is 16.3. The molecule has 1 aromatic heterocycles. The molecule has 6 nitrogen and oxygen atoms in total. The molecule has 0 saturated heterocycles. The first-order valence-electron chi connectivity index (χ1n) is 9.50. The van der Waals surface area contributed by atoms with Crippen LogP contribution < -0.4 is 5.69 Å². The van der Waals surface area contributed by atoms with Gasteiger partial charge in [-0.15, -0.1) is 0 Å². The van der Waals surface area contributed by atoms with Gasteiger partial charge in [0, 0.05) is 6.61 Å². The molecule has 144 valence electrons. The molecule has 0 aliphatic heterocycles. The second kappa shape index (κ2) is 7.48. The van der Waals surface area contributed by atoms with Crippen molar-refractivity contribution in [3.05, 3.63) is 69.6 Å². The quantitative estimate of drug-likeness (QED) is 0.650. The summed E-state index contributed by atoms with van der Waals surface area (Å²) in [4.78, 5) is 12.5. The minimum Gasteiger partial charge on any atom is -0.507 e. The minimum absolute atomic E-state index is 0.00691. The molecule has 0 bridgehead atoms. The first-order valence-corrected chi connectivity index (χ1v) is 9.50. The SMILES string of the molecule is CC1CCC=Cc2cc(-n3c(-c4ccc(CCO)cc4O)n[nH]c3=O)ccc21. The highest BCUT2D eigenvalue weighted by Gasteiger charge is 2.18. The molecular weight excluding hydrogens is 354 g/mol. The van der Waals surface area contributed by atoms with Crippen LogP contribution in [0.1, 0.15) is 42.4 Å². The Morgan fingerprint density at radius 2 is 2.11 bits per heavy atom. The van der Waals surface area contributed by atoms with Gasteiger partial charge in [0.25, 0.3) is 0 Å². The molecule has 3 N–H and O–H groups in total. The first-order chi connectivity index (χ1) is 13.6. The van der Waals surface area contributed by atoms with Crippen molar-refractivity contribution in [3.8, 4) is 22.8 Å². The van der Waals surface area contributed by atoms with Gasteiger partial charge < -0.3 is 10.2 Å². The number of nitrogens with one attached hydrogen (secondary N) is 1. The smallest absolute Gasteiger partial charge is 0.348 e. The Kier molecular flexibility index (Phi) is 4.88. The summed E-state index contributed by atoms with van der Waals surface area (Å²) < 4.78 is 1.48. The molecule has 0 radical (unpaired) electrons. The number of hydrogen-bond acceptors (Lipinski definition) is 4. The fraction of sp³-hybridized carbons (Fsp3) is 0.273. The number of H-pyrrole nitrogens is 1. The molecule has 0 saturated carbocycles. The highest BCUT2D eigenvalue weighted by Crippen LogP contribution is 2.32. The van der Waals surface area contributed by atoms with Crippen LogP contribution in [-0.2, 0) is 6.42 Å². The van der Waals surface area contributed by atoms with E-state index in [2.05, 4.69) is 35.3 Å². The largest absolute Gasteiger partial charge is 0.507 e. The lowest BCUT2D eigenvalue weighted by molar-refractivity contribution is 0.299. The Morgan fingerprint density at radius 3 is 2.89 bits per heavy atom.